The first kappa shape index (κ1) is 32.5. The SMILES string of the molecule is C1=CC(c2nc(-c3ccc4oc5ccc6c(-c7ccccc7)nc7ccccc7c6c5c4c3)nc(-c3ccc4c(c3)c3ccccc3n4-c3ccccc3)n2)=CCC1. The first-order valence-corrected chi connectivity index (χ1v) is 19.7. The van der Waals surface area contributed by atoms with E-state index in [0.717, 1.165) is 107 Å². The van der Waals surface area contributed by atoms with Crippen LogP contribution in [0.4, 0.5) is 0 Å². The van der Waals surface area contributed by atoms with Gasteiger partial charge in [0, 0.05) is 65.7 Å². The van der Waals surface area contributed by atoms with Crippen molar-refractivity contribution in [2.24, 2.45) is 0 Å². The van der Waals surface area contributed by atoms with Gasteiger partial charge in [-0.1, -0.05) is 103 Å². The van der Waals surface area contributed by atoms with E-state index in [9.17, 15) is 0 Å². The smallest absolute Gasteiger partial charge is 0.164 e. The number of furan rings is 1. The lowest BCUT2D eigenvalue weighted by Crippen LogP contribution is -2.03. The van der Waals surface area contributed by atoms with E-state index in [1.54, 1.807) is 0 Å². The van der Waals surface area contributed by atoms with Gasteiger partial charge in [0.05, 0.1) is 22.2 Å². The Labute approximate surface area is 333 Å². The van der Waals surface area contributed by atoms with Gasteiger partial charge in [0.1, 0.15) is 11.2 Å². The molecule has 0 saturated carbocycles. The topological polar surface area (TPSA) is 69.6 Å². The Kier molecular flexibility index (Phi) is 7.25. The fourth-order valence-corrected chi connectivity index (χ4v) is 8.77. The summed E-state index contributed by atoms with van der Waals surface area (Å²) in [4.78, 5) is 20.7. The standard InChI is InChI=1S/C52H33N5O/c1-4-14-32(15-5-1)49-39-26-29-46-48(47(39)38-21-10-12-22-42(38)53-49)41-31-35(25-28-45(41)58-46)52-55-50(33-16-6-2-7-17-33)54-51(56-52)34-24-27-44-40(30-34)37-20-11-13-23-43(37)57(44)36-18-8-3-9-19-36/h1,3-6,8-31H,2,7H2. The quantitative estimate of drug-likeness (QED) is 0.164. The molecular formula is C52H33N5O. The summed E-state index contributed by atoms with van der Waals surface area (Å²) in [5.74, 6) is 1.90. The maximum atomic E-state index is 6.57. The molecule has 1 aliphatic rings. The van der Waals surface area contributed by atoms with Crippen LogP contribution < -0.4 is 0 Å². The molecule has 4 heterocycles. The van der Waals surface area contributed by atoms with Gasteiger partial charge in [-0.05, 0) is 85.6 Å². The van der Waals surface area contributed by atoms with Crippen LogP contribution in [0.5, 0.6) is 0 Å². The molecule has 0 amide bonds. The van der Waals surface area contributed by atoms with Crippen molar-refractivity contribution in [3.8, 4) is 39.7 Å². The van der Waals surface area contributed by atoms with Crippen LogP contribution in [-0.4, -0.2) is 24.5 Å². The van der Waals surface area contributed by atoms with Gasteiger partial charge in [0.15, 0.2) is 17.5 Å². The average molecular weight is 744 g/mol. The minimum Gasteiger partial charge on any atom is -0.456 e. The van der Waals surface area contributed by atoms with Crippen molar-refractivity contribution in [3.63, 3.8) is 0 Å². The zero-order valence-electron chi connectivity index (χ0n) is 31.3. The van der Waals surface area contributed by atoms with E-state index in [2.05, 4.69) is 162 Å². The molecular weight excluding hydrogens is 711 g/mol. The van der Waals surface area contributed by atoms with Crippen LogP contribution in [0.15, 0.2) is 180 Å². The Morgan fingerprint density at radius 2 is 1.12 bits per heavy atom. The number of hydrogen-bond acceptors (Lipinski definition) is 5. The van der Waals surface area contributed by atoms with Crippen LogP contribution in [0.3, 0.4) is 0 Å². The van der Waals surface area contributed by atoms with E-state index in [0.29, 0.717) is 17.5 Å². The first-order valence-electron chi connectivity index (χ1n) is 19.7. The van der Waals surface area contributed by atoms with Crippen molar-refractivity contribution in [3.05, 3.63) is 182 Å². The Morgan fingerprint density at radius 3 is 1.93 bits per heavy atom. The predicted octanol–water partition coefficient (Wildman–Crippen LogP) is 13.3. The normalized spacial score (nSPS) is 13.1. The van der Waals surface area contributed by atoms with Gasteiger partial charge in [0.25, 0.3) is 0 Å². The summed E-state index contributed by atoms with van der Waals surface area (Å²) in [7, 11) is 0. The number of aromatic nitrogens is 5. The van der Waals surface area contributed by atoms with E-state index < -0.39 is 0 Å². The number of allylic oxidation sites excluding steroid dienone is 4. The molecule has 1 aliphatic carbocycles. The third-order valence-electron chi connectivity index (χ3n) is 11.4. The summed E-state index contributed by atoms with van der Waals surface area (Å²) in [6, 6.07) is 55.0. The van der Waals surface area contributed by atoms with Crippen LogP contribution >= 0.6 is 0 Å². The van der Waals surface area contributed by atoms with E-state index in [4.69, 9.17) is 24.4 Å². The lowest BCUT2D eigenvalue weighted by Gasteiger charge is -2.12. The highest BCUT2D eigenvalue weighted by atomic mass is 16.3. The van der Waals surface area contributed by atoms with Crippen LogP contribution in [0.1, 0.15) is 18.7 Å². The summed E-state index contributed by atoms with van der Waals surface area (Å²) in [5, 5.41) is 7.67. The second-order valence-corrected chi connectivity index (χ2v) is 14.9. The summed E-state index contributed by atoms with van der Waals surface area (Å²) in [6.07, 6.45) is 8.50. The van der Waals surface area contributed by atoms with E-state index in [1.165, 1.54) is 5.39 Å². The second-order valence-electron chi connectivity index (χ2n) is 14.9. The second kappa shape index (κ2) is 12.9. The summed E-state index contributed by atoms with van der Waals surface area (Å²) < 4.78 is 8.90. The number of hydrogen-bond donors (Lipinski definition) is 0. The Hall–Kier alpha value is -7.70. The molecule has 58 heavy (non-hydrogen) atoms. The maximum Gasteiger partial charge on any atom is 0.164 e. The number of pyridine rings is 1. The minimum absolute atomic E-state index is 0.611. The summed E-state index contributed by atoms with van der Waals surface area (Å²) >= 11 is 0. The lowest BCUT2D eigenvalue weighted by atomic mass is 9.96. The summed E-state index contributed by atoms with van der Waals surface area (Å²) in [5.41, 5.74) is 10.8. The van der Waals surface area contributed by atoms with Gasteiger partial charge in [0.2, 0.25) is 0 Å². The third-order valence-corrected chi connectivity index (χ3v) is 11.4. The fourth-order valence-electron chi connectivity index (χ4n) is 8.77. The van der Waals surface area contributed by atoms with Crippen molar-refractivity contribution < 1.29 is 4.42 Å². The largest absolute Gasteiger partial charge is 0.456 e. The van der Waals surface area contributed by atoms with E-state index in [-0.39, 0.29) is 0 Å². The van der Waals surface area contributed by atoms with Gasteiger partial charge in [-0.15, -0.1) is 0 Å². The molecule has 0 bridgehead atoms. The number of rotatable bonds is 5. The van der Waals surface area contributed by atoms with E-state index in [1.807, 2.05) is 18.2 Å². The zero-order valence-corrected chi connectivity index (χ0v) is 31.3. The van der Waals surface area contributed by atoms with Crippen LogP contribution in [0, 0.1) is 0 Å². The van der Waals surface area contributed by atoms with Crippen LogP contribution in [0.2, 0.25) is 0 Å². The highest BCUT2D eigenvalue weighted by Gasteiger charge is 2.21. The molecule has 0 aliphatic heterocycles. The molecule has 0 spiro atoms. The number of fused-ring (bicyclic) bond motifs is 10. The number of nitrogens with zero attached hydrogens (tertiary/aromatic N) is 5. The minimum atomic E-state index is 0.611. The maximum absolute atomic E-state index is 6.57. The van der Waals surface area contributed by atoms with Gasteiger partial charge < -0.3 is 8.98 Å². The van der Waals surface area contributed by atoms with Gasteiger partial charge in [-0.2, -0.15) is 0 Å². The molecule has 0 N–H and O–H groups in total. The average Bonchev–Trinajstić information content (AvgIpc) is 3.84. The Balaban J connectivity index is 1.08. The monoisotopic (exact) mass is 743 g/mol. The molecule has 11 aromatic rings. The molecule has 4 aromatic heterocycles. The van der Waals surface area contributed by atoms with Crippen molar-refractivity contribution in [2.45, 2.75) is 12.8 Å². The van der Waals surface area contributed by atoms with Crippen molar-refractivity contribution in [2.75, 3.05) is 0 Å². The Morgan fingerprint density at radius 1 is 0.448 bits per heavy atom. The molecule has 0 atom stereocenters. The van der Waals surface area contributed by atoms with Crippen LogP contribution in [0.25, 0.3) is 111 Å². The fraction of sp³-hybridized carbons (Fsp3) is 0.0385. The predicted molar refractivity (Wildman–Crippen MR) is 237 cm³/mol. The van der Waals surface area contributed by atoms with Crippen LogP contribution in [-0.2, 0) is 0 Å². The number of para-hydroxylation sites is 3. The molecule has 0 unspecified atom stereocenters. The highest BCUT2D eigenvalue weighted by Crippen LogP contribution is 2.42. The van der Waals surface area contributed by atoms with Crippen molar-refractivity contribution in [1.29, 1.82) is 0 Å². The van der Waals surface area contributed by atoms with Crippen molar-refractivity contribution in [1.82, 2.24) is 24.5 Å². The molecule has 0 fully saturated rings. The third kappa shape index (κ3) is 5.12. The molecule has 12 rings (SSSR count). The first-order chi connectivity index (χ1) is 28.7. The lowest BCUT2D eigenvalue weighted by molar-refractivity contribution is 0.669. The molecule has 6 heteroatoms. The highest BCUT2D eigenvalue weighted by molar-refractivity contribution is 6.28. The van der Waals surface area contributed by atoms with E-state index >= 15 is 0 Å². The van der Waals surface area contributed by atoms with Crippen molar-refractivity contribution >= 4 is 71.0 Å². The zero-order chi connectivity index (χ0) is 38.2. The Bertz CT molecular complexity index is 3510. The molecule has 7 aromatic carbocycles. The molecule has 0 radical (unpaired) electrons. The van der Waals surface area contributed by atoms with Gasteiger partial charge in [-0.25, -0.2) is 19.9 Å². The van der Waals surface area contributed by atoms with Gasteiger partial charge in [-0.3, -0.25) is 0 Å². The molecule has 272 valence electrons. The molecule has 6 nitrogen and oxygen atoms in total. The molecule has 0 saturated heterocycles. The summed E-state index contributed by atoms with van der Waals surface area (Å²) in [6.45, 7) is 0. The number of benzene rings is 7. The van der Waals surface area contributed by atoms with Gasteiger partial charge >= 0.3 is 0 Å².